The Labute approximate surface area is 228 Å². The molecule has 6 nitrogen and oxygen atoms in total. The van der Waals surface area contributed by atoms with Crippen LogP contribution in [-0.2, 0) is 14.4 Å². The number of amides is 2. The van der Waals surface area contributed by atoms with Gasteiger partial charge in [-0.05, 0) is 61.1 Å². The summed E-state index contributed by atoms with van der Waals surface area (Å²) in [5, 5.41) is 11.0. The first-order valence-corrected chi connectivity index (χ1v) is 13.7. The van der Waals surface area contributed by atoms with E-state index in [1.165, 1.54) is 0 Å². The van der Waals surface area contributed by atoms with Crippen LogP contribution in [-0.4, -0.2) is 51.8 Å². The molecule has 2 fully saturated rings. The molecule has 0 aliphatic carbocycles. The highest BCUT2D eigenvalue weighted by molar-refractivity contribution is 6.30. The molecule has 37 heavy (non-hydrogen) atoms. The number of carboxylic acids is 1. The van der Waals surface area contributed by atoms with Crippen molar-refractivity contribution in [2.75, 3.05) is 13.1 Å². The van der Waals surface area contributed by atoms with Crippen LogP contribution in [0, 0.1) is 5.41 Å². The third-order valence-corrected chi connectivity index (χ3v) is 8.34. The van der Waals surface area contributed by atoms with Gasteiger partial charge >= 0.3 is 5.97 Å². The van der Waals surface area contributed by atoms with Crippen LogP contribution < -0.4 is 0 Å². The van der Waals surface area contributed by atoms with E-state index in [0.29, 0.717) is 42.4 Å². The van der Waals surface area contributed by atoms with Crippen LogP contribution in [0.4, 0.5) is 0 Å². The van der Waals surface area contributed by atoms with Crippen molar-refractivity contribution in [3.05, 3.63) is 69.7 Å². The fourth-order valence-electron chi connectivity index (χ4n) is 6.00. The maximum absolute atomic E-state index is 14.3. The van der Waals surface area contributed by atoms with Gasteiger partial charge in [0.25, 0.3) is 0 Å². The Bertz CT molecular complexity index is 1150. The second-order valence-corrected chi connectivity index (χ2v) is 11.4. The molecule has 0 saturated carbocycles. The van der Waals surface area contributed by atoms with E-state index in [-0.39, 0.29) is 36.2 Å². The molecule has 0 aromatic heterocycles. The Hall–Kier alpha value is -2.57. The van der Waals surface area contributed by atoms with E-state index in [0.717, 1.165) is 24.0 Å². The zero-order chi connectivity index (χ0) is 26.7. The molecule has 2 aliphatic rings. The van der Waals surface area contributed by atoms with Gasteiger partial charge in [0.2, 0.25) is 11.8 Å². The lowest BCUT2D eigenvalue weighted by Crippen LogP contribution is -2.58. The van der Waals surface area contributed by atoms with Gasteiger partial charge in [0.05, 0.1) is 17.9 Å². The SMILES string of the molecule is CCC(CN1CCCCC1=O)N1C(=O)C(C)(CC(=O)O)CC(c2cccc(Cl)c2)C1c1ccc(Cl)cc1. The maximum atomic E-state index is 14.3. The average Bonchev–Trinajstić information content (AvgIpc) is 2.85. The lowest BCUT2D eigenvalue weighted by atomic mass is 9.67. The van der Waals surface area contributed by atoms with Crippen LogP contribution in [0.5, 0.6) is 0 Å². The summed E-state index contributed by atoms with van der Waals surface area (Å²) in [6.07, 6.45) is 3.07. The van der Waals surface area contributed by atoms with Crippen LogP contribution in [0.1, 0.15) is 75.5 Å². The predicted octanol–water partition coefficient (Wildman–Crippen LogP) is 6.32. The van der Waals surface area contributed by atoms with Gasteiger partial charge < -0.3 is 14.9 Å². The third-order valence-electron chi connectivity index (χ3n) is 7.85. The van der Waals surface area contributed by atoms with E-state index in [9.17, 15) is 19.5 Å². The van der Waals surface area contributed by atoms with E-state index in [2.05, 4.69) is 0 Å². The monoisotopic (exact) mass is 544 g/mol. The summed E-state index contributed by atoms with van der Waals surface area (Å²) in [5.74, 6) is -1.29. The fraction of sp³-hybridized carbons (Fsp3) is 0.483. The molecule has 1 N–H and O–H groups in total. The number of rotatable bonds is 8. The highest BCUT2D eigenvalue weighted by atomic mass is 35.5. The molecule has 4 rings (SSSR count). The number of aliphatic carboxylic acids is 1. The second-order valence-electron chi connectivity index (χ2n) is 10.6. The zero-order valence-corrected chi connectivity index (χ0v) is 22.8. The van der Waals surface area contributed by atoms with Crippen molar-refractivity contribution in [3.8, 4) is 0 Å². The van der Waals surface area contributed by atoms with E-state index < -0.39 is 11.4 Å². The van der Waals surface area contributed by atoms with Crippen molar-refractivity contribution < 1.29 is 19.5 Å². The number of carbonyl (C=O) groups excluding carboxylic acids is 2. The molecule has 8 heteroatoms. The molecule has 0 bridgehead atoms. The van der Waals surface area contributed by atoms with Crippen molar-refractivity contribution >= 4 is 41.0 Å². The number of hydrogen-bond donors (Lipinski definition) is 1. The Kier molecular flexibility index (Phi) is 8.49. The largest absolute Gasteiger partial charge is 0.481 e. The van der Waals surface area contributed by atoms with E-state index in [1.807, 2.05) is 59.2 Å². The highest BCUT2D eigenvalue weighted by Crippen LogP contribution is 2.52. The normalized spacial score (nSPS) is 25.3. The third kappa shape index (κ3) is 5.96. The molecule has 2 aromatic rings. The minimum atomic E-state index is -1.11. The van der Waals surface area contributed by atoms with Crippen LogP contribution in [0.3, 0.4) is 0 Å². The van der Waals surface area contributed by atoms with Crippen molar-refractivity contribution in [3.63, 3.8) is 0 Å². The molecule has 2 heterocycles. The number of benzene rings is 2. The molecule has 2 aromatic carbocycles. The van der Waals surface area contributed by atoms with Crippen LogP contribution in [0.25, 0.3) is 0 Å². The lowest BCUT2D eigenvalue weighted by molar-refractivity contribution is -0.161. The molecule has 0 spiro atoms. The molecular formula is C29H34Cl2N2O4. The van der Waals surface area contributed by atoms with E-state index in [4.69, 9.17) is 23.2 Å². The summed E-state index contributed by atoms with van der Waals surface area (Å²) < 4.78 is 0. The number of nitrogens with zero attached hydrogens (tertiary/aromatic N) is 2. The second kappa shape index (κ2) is 11.4. The highest BCUT2D eigenvalue weighted by Gasteiger charge is 2.52. The number of halogens is 2. The summed E-state index contributed by atoms with van der Waals surface area (Å²) in [6, 6.07) is 14.4. The van der Waals surface area contributed by atoms with E-state index >= 15 is 0 Å². The molecule has 2 aliphatic heterocycles. The topological polar surface area (TPSA) is 77.9 Å². The smallest absolute Gasteiger partial charge is 0.304 e. The molecule has 2 saturated heterocycles. The number of likely N-dealkylation sites (tertiary alicyclic amines) is 2. The van der Waals surface area contributed by atoms with E-state index in [1.54, 1.807) is 13.0 Å². The Morgan fingerprint density at radius 1 is 1.08 bits per heavy atom. The Morgan fingerprint density at radius 3 is 2.43 bits per heavy atom. The molecule has 4 atom stereocenters. The molecule has 0 radical (unpaired) electrons. The molecule has 2 amide bonds. The van der Waals surface area contributed by atoms with Crippen LogP contribution in [0.15, 0.2) is 48.5 Å². The first kappa shape index (κ1) is 27.5. The minimum Gasteiger partial charge on any atom is -0.481 e. The zero-order valence-electron chi connectivity index (χ0n) is 21.3. The number of carbonyl (C=O) groups is 3. The van der Waals surface area contributed by atoms with Crippen molar-refractivity contribution in [1.82, 2.24) is 9.80 Å². The van der Waals surface area contributed by atoms with Gasteiger partial charge in [0.15, 0.2) is 0 Å². The van der Waals surface area contributed by atoms with Gasteiger partial charge in [0, 0.05) is 41.5 Å². The fourth-order valence-corrected chi connectivity index (χ4v) is 6.33. The average molecular weight is 546 g/mol. The van der Waals surface area contributed by atoms with Crippen molar-refractivity contribution in [2.45, 2.75) is 70.4 Å². The van der Waals surface area contributed by atoms with Crippen LogP contribution in [0.2, 0.25) is 10.0 Å². The maximum Gasteiger partial charge on any atom is 0.304 e. The van der Waals surface area contributed by atoms with Gasteiger partial charge in [0.1, 0.15) is 0 Å². The predicted molar refractivity (Wildman–Crippen MR) is 145 cm³/mol. The van der Waals surface area contributed by atoms with Gasteiger partial charge in [-0.1, -0.05) is 61.3 Å². The van der Waals surface area contributed by atoms with Gasteiger partial charge in [-0.15, -0.1) is 0 Å². The number of hydrogen-bond acceptors (Lipinski definition) is 3. The summed E-state index contributed by atoms with van der Waals surface area (Å²) in [6.45, 7) is 4.87. The van der Waals surface area contributed by atoms with Gasteiger partial charge in [-0.25, -0.2) is 0 Å². The van der Waals surface area contributed by atoms with Crippen molar-refractivity contribution in [2.24, 2.45) is 5.41 Å². The molecular weight excluding hydrogens is 511 g/mol. The first-order valence-electron chi connectivity index (χ1n) is 13.0. The van der Waals surface area contributed by atoms with Gasteiger partial charge in [-0.3, -0.25) is 14.4 Å². The summed E-state index contributed by atoms with van der Waals surface area (Å²) in [7, 11) is 0. The summed E-state index contributed by atoms with van der Waals surface area (Å²) in [5.41, 5.74) is 0.759. The Morgan fingerprint density at radius 2 is 1.81 bits per heavy atom. The summed E-state index contributed by atoms with van der Waals surface area (Å²) in [4.78, 5) is 42.7. The minimum absolute atomic E-state index is 0.108. The van der Waals surface area contributed by atoms with Gasteiger partial charge in [-0.2, -0.15) is 0 Å². The lowest BCUT2D eigenvalue weighted by Gasteiger charge is -2.52. The molecule has 198 valence electrons. The first-order chi connectivity index (χ1) is 17.6. The standard InChI is InChI=1S/C29H34Cl2N2O4/c1-3-23(18-32-14-5-4-9-25(32)34)33-27(19-10-12-21(30)13-11-19)24(20-7-6-8-22(31)15-20)16-29(2,28(33)37)17-26(35)36/h6-8,10-13,15,23-24,27H,3-5,9,14,16-18H2,1-2H3,(H,35,36). The van der Waals surface area contributed by atoms with Crippen molar-refractivity contribution in [1.29, 1.82) is 0 Å². The Balaban J connectivity index is 1.86. The number of piperidine rings is 2. The summed E-state index contributed by atoms with van der Waals surface area (Å²) >= 11 is 12.6. The quantitative estimate of drug-likeness (QED) is 0.421. The molecule has 4 unspecified atom stereocenters. The number of carboxylic acid groups (broad SMARTS) is 1. The van der Waals surface area contributed by atoms with Crippen LogP contribution >= 0.6 is 23.2 Å².